The Bertz CT molecular complexity index is 762. The van der Waals surface area contributed by atoms with Gasteiger partial charge in [-0.2, -0.15) is 0 Å². The van der Waals surface area contributed by atoms with Crippen LogP contribution in [-0.2, 0) is 5.41 Å². The highest BCUT2D eigenvalue weighted by molar-refractivity contribution is 6.46. The van der Waals surface area contributed by atoms with Gasteiger partial charge in [0.05, 0.1) is 20.6 Å². The van der Waals surface area contributed by atoms with Gasteiger partial charge in [0.1, 0.15) is 11.5 Å². The first-order chi connectivity index (χ1) is 12.2. The van der Waals surface area contributed by atoms with Crippen molar-refractivity contribution in [1.29, 1.82) is 0 Å². The molecule has 2 rings (SSSR count). The second kappa shape index (κ2) is 8.73. The zero-order valence-electron chi connectivity index (χ0n) is 15.4. The summed E-state index contributed by atoms with van der Waals surface area (Å²) >= 11 is 18.6. The molecule has 0 saturated carbocycles. The van der Waals surface area contributed by atoms with Crippen molar-refractivity contribution in [3.8, 4) is 22.6 Å². The third-order valence-corrected chi connectivity index (χ3v) is 5.95. The normalized spacial score (nSPS) is 11.8. The molecule has 0 fully saturated rings. The predicted octanol–water partition coefficient (Wildman–Crippen LogP) is 7.97. The summed E-state index contributed by atoms with van der Waals surface area (Å²) in [6.07, 6.45) is 5.68. The van der Waals surface area contributed by atoms with E-state index in [-0.39, 0.29) is 27.5 Å². The molecular weight excluding hydrogens is 391 g/mol. The Morgan fingerprint density at radius 2 is 1.42 bits per heavy atom. The van der Waals surface area contributed by atoms with Crippen molar-refractivity contribution in [3.05, 3.63) is 44.9 Å². The van der Waals surface area contributed by atoms with Crippen LogP contribution < -0.4 is 0 Å². The molecule has 142 valence electrons. The molecule has 0 unspecified atom stereocenters. The van der Waals surface area contributed by atoms with Crippen LogP contribution in [0.5, 0.6) is 11.5 Å². The molecule has 2 N–H and O–H groups in total. The fourth-order valence-corrected chi connectivity index (χ4v) is 3.87. The number of halogens is 3. The minimum absolute atomic E-state index is 0.0623. The van der Waals surface area contributed by atoms with E-state index in [1.807, 2.05) is 0 Å². The maximum absolute atomic E-state index is 10.6. The largest absolute Gasteiger partial charge is 0.507 e. The average Bonchev–Trinajstić information content (AvgIpc) is 2.57. The summed E-state index contributed by atoms with van der Waals surface area (Å²) in [5, 5.41) is 22.1. The van der Waals surface area contributed by atoms with Gasteiger partial charge in [-0.25, -0.2) is 0 Å². The van der Waals surface area contributed by atoms with Crippen LogP contribution in [0.2, 0.25) is 15.1 Å². The Hall–Kier alpha value is -1.09. The highest BCUT2D eigenvalue weighted by Crippen LogP contribution is 2.48. The second-order valence-corrected chi connectivity index (χ2v) is 8.49. The standard InChI is InChI=1S/C21H25Cl3O2/c1-4-5-6-7-10-21(2,3)13-11-16(25)19(17(26)12-13)18-14(22)8-9-15(23)20(18)24/h8-9,11-12,25-26H,4-7,10H2,1-3H3. The van der Waals surface area contributed by atoms with Crippen LogP contribution in [-0.4, -0.2) is 10.2 Å². The van der Waals surface area contributed by atoms with Crippen molar-refractivity contribution in [2.24, 2.45) is 0 Å². The quantitative estimate of drug-likeness (QED) is 0.355. The first-order valence-electron chi connectivity index (χ1n) is 8.89. The van der Waals surface area contributed by atoms with Crippen LogP contribution in [0.1, 0.15) is 58.4 Å². The fourth-order valence-electron chi connectivity index (χ4n) is 3.15. The molecule has 0 amide bonds. The average molecular weight is 416 g/mol. The van der Waals surface area contributed by atoms with Gasteiger partial charge in [-0.15, -0.1) is 0 Å². The molecule has 2 aromatic rings. The third-order valence-electron chi connectivity index (χ3n) is 4.83. The lowest BCUT2D eigenvalue weighted by Gasteiger charge is -2.26. The SMILES string of the molecule is CCCCCCC(C)(C)c1cc(O)c(-c2c(Cl)ccc(Cl)c2Cl)c(O)c1. The summed E-state index contributed by atoms with van der Waals surface area (Å²) in [6.45, 7) is 6.42. The molecule has 2 nitrogen and oxygen atoms in total. The van der Waals surface area contributed by atoms with E-state index in [1.54, 1.807) is 24.3 Å². The van der Waals surface area contributed by atoms with Crippen LogP contribution in [0.4, 0.5) is 0 Å². The maximum atomic E-state index is 10.6. The Balaban J connectivity index is 2.42. The summed E-state index contributed by atoms with van der Waals surface area (Å²) in [4.78, 5) is 0. The van der Waals surface area contributed by atoms with Crippen LogP contribution in [0.15, 0.2) is 24.3 Å². The molecule has 2 aromatic carbocycles. The highest BCUT2D eigenvalue weighted by Gasteiger charge is 2.25. The topological polar surface area (TPSA) is 40.5 Å². The third kappa shape index (κ3) is 4.60. The van der Waals surface area contributed by atoms with Gasteiger partial charge in [0.2, 0.25) is 0 Å². The molecule has 26 heavy (non-hydrogen) atoms. The van der Waals surface area contributed by atoms with Crippen LogP contribution in [0.3, 0.4) is 0 Å². The molecular formula is C21H25Cl3O2. The Morgan fingerprint density at radius 1 is 0.846 bits per heavy atom. The molecule has 0 bridgehead atoms. The van der Waals surface area contributed by atoms with E-state index in [0.29, 0.717) is 15.6 Å². The van der Waals surface area contributed by atoms with Gasteiger partial charge in [0, 0.05) is 5.56 Å². The molecule has 0 aliphatic heterocycles. The molecule has 0 radical (unpaired) electrons. The second-order valence-electron chi connectivity index (χ2n) is 7.30. The summed E-state index contributed by atoms with van der Waals surface area (Å²) < 4.78 is 0. The van der Waals surface area contributed by atoms with Crippen molar-refractivity contribution < 1.29 is 10.2 Å². The molecule has 5 heteroatoms. The number of hydrogen-bond donors (Lipinski definition) is 2. The van der Waals surface area contributed by atoms with E-state index in [2.05, 4.69) is 20.8 Å². The minimum Gasteiger partial charge on any atom is -0.507 e. The van der Waals surface area contributed by atoms with E-state index in [1.165, 1.54) is 19.3 Å². The molecule has 0 aromatic heterocycles. The van der Waals surface area contributed by atoms with E-state index < -0.39 is 0 Å². The fraction of sp³-hybridized carbons (Fsp3) is 0.429. The summed E-state index contributed by atoms with van der Waals surface area (Å²) in [5.74, 6) is -0.125. The summed E-state index contributed by atoms with van der Waals surface area (Å²) in [5.41, 5.74) is 1.25. The Kier molecular flexibility index (Phi) is 7.12. The number of rotatable bonds is 7. The molecule has 0 spiro atoms. The first-order valence-corrected chi connectivity index (χ1v) is 10.0. The number of hydrogen-bond acceptors (Lipinski definition) is 2. The summed E-state index contributed by atoms with van der Waals surface area (Å²) in [7, 11) is 0. The van der Waals surface area contributed by atoms with Gasteiger partial charge < -0.3 is 10.2 Å². The van der Waals surface area contributed by atoms with Crippen LogP contribution >= 0.6 is 34.8 Å². The van der Waals surface area contributed by atoms with Gasteiger partial charge >= 0.3 is 0 Å². The van der Waals surface area contributed by atoms with Crippen LogP contribution in [0.25, 0.3) is 11.1 Å². The van der Waals surface area contributed by atoms with Crippen molar-refractivity contribution >= 4 is 34.8 Å². The first kappa shape index (κ1) is 21.2. The lowest BCUT2D eigenvalue weighted by molar-refractivity contribution is 0.425. The van der Waals surface area contributed by atoms with Crippen LogP contribution in [0, 0.1) is 0 Å². The zero-order valence-corrected chi connectivity index (χ0v) is 17.6. The zero-order chi connectivity index (χ0) is 19.5. The number of benzene rings is 2. The van der Waals surface area contributed by atoms with E-state index in [0.717, 1.165) is 18.4 Å². The Labute approximate surface area is 170 Å². The number of phenolic OH excluding ortho intramolecular Hbond substituents is 2. The van der Waals surface area contributed by atoms with E-state index >= 15 is 0 Å². The number of aromatic hydroxyl groups is 2. The van der Waals surface area contributed by atoms with Gasteiger partial charge in [0.15, 0.2) is 0 Å². The van der Waals surface area contributed by atoms with E-state index in [4.69, 9.17) is 34.8 Å². The van der Waals surface area contributed by atoms with Gasteiger partial charge in [-0.05, 0) is 41.7 Å². The summed E-state index contributed by atoms with van der Waals surface area (Å²) in [6, 6.07) is 6.54. The van der Waals surface area contributed by atoms with Gasteiger partial charge in [-0.1, -0.05) is 81.3 Å². The minimum atomic E-state index is -0.164. The molecule has 0 saturated heterocycles. The maximum Gasteiger partial charge on any atom is 0.127 e. The monoisotopic (exact) mass is 414 g/mol. The van der Waals surface area contributed by atoms with Gasteiger partial charge in [0.25, 0.3) is 0 Å². The molecule has 0 aliphatic carbocycles. The lowest BCUT2D eigenvalue weighted by Crippen LogP contribution is -2.17. The van der Waals surface area contributed by atoms with Crippen molar-refractivity contribution in [1.82, 2.24) is 0 Å². The predicted molar refractivity (Wildman–Crippen MR) is 112 cm³/mol. The van der Waals surface area contributed by atoms with E-state index in [9.17, 15) is 10.2 Å². The number of phenols is 2. The van der Waals surface area contributed by atoms with Crippen molar-refractivity contribution in [2.75, 3.05) is 0 Å². The van der Waals surface area contributed by atoms with Crippen molar-refractivity contribution in [2.45, 2.75) is 58.3 Å². The highest BCUT2D eigenvalue weighted by atomic mass is 35.5. The number of unbranched alkanes of at least 4 members (excludes halogenated alkanes) is 3. The molecule has 0 aliphatic rings. The Morgan fingerprint density at radius 3 is 2.00 bits per heavy atom. The van der Waals surface area contributed by atoms with Gasteiger partial charge in [-0.3, -0.25) is 0 Å². The lowest BCUT2D eigenvalue weighted by atomic mass is 9.79. The smallest absolute Gasteiger partial charge is 0.127 e. The molecule has 0 heterocycles. The van der Waals surface area contributed by atoms with Crippen molar-refractivity contribution in [3.63, 3.8) is 0 Å². The molecule has 0 atom stereocenters.